The quantitative estimate of drug-likeness (QED) is 0.530. The number of rotatable bonds is 6. The highest BCUT2D eigenvalue weighted by Gasteiger charge is 2.18. The van der Waals surface area contributed by atoms with Gasteiger partial charge in [-0.25, -0.2) is 0 Å². The fourth-order valence-electron chi connectivity index (χ4n) is 2.02. The maximum absolute atomic E-state index is 12.6. The maximum atomic E-state index is 12.6. The second-order valence-corrected chi connectivity index (χ2v) is 6.98. The van der Waals surface area contributed by atoms with Crippen LogP contribution in [0.5, 0.6) is 11.5 Å². The number of halogens is 1. The van der Waals surface area contributed by atoms with E-state index in [-0.39, 0.29) is 11.0 Å². The van der Waals surface area contributed by atoms with Gasteiger partial charge in [0.1, 0.15) is 0 Å². The Hall–Kier alpha value is -1.46. The molecule has 2 aromatic carbocycles. The number of hydrogen-bond donors (Lipinski definition) is 0. The van der Waals surface area contributed by atoms with Gasteiger partial charge in [0.2, 0.25) is 0 Å². The lowest BCUT2D eigenvalue weighted by molar-refractivity contribution is 0.0993. The molecule has 0 aliphatic carbocycles. The first-order valence-electron chi connectivity index (χ1n) is 6.73. The van der Waals surface area contributed by atoms with Crippen molar-refractivity contribution in [3.8, 4) is 11.5 Å². The predicted octanol–water partition coefficient (Wildman–Crippen LogP) is 4.83. The van der Waals surface area contributed by atoms with E-state index in [9.17, 15) is 4.79 Å². The summed E-state index contributed by atoms with van der Waals surface area (Å²) in [4.78, 5) is 13.6. The summed E-state index contributed by atoms with van der Waals surface area (Å²) in [5.74, 6) is 1.24. The first-order valence-corrected chi connectivity index (χ1v) is 8.41. The van der Waals surface area contributed by atoms with E-state index in [1.807, 2.05) is 31.2 Å². The third-order valence-corrected chi connectivity index (χ3v) is 4.73. The fraction of sp³-hybridized carbons (Fsp3) is 0.235. The summed E-state index contributed by atoms with van der Waals surface area (Å²) in [6.45, 7) is 1.91. The van der Waals surface area contributed by atoms with Crippen LogP contribution in [0.25, 0.3) is 0 Å². The van der Waals surface area contributed by atoms with Gasteiger partial charge in [-0.05, 0) is 43.3 Å². The summed E-state index contributed by atoms with van der Waals surface area (Å²) in [5, 5.41) is -0.188. The molecule has 0 N–H and O–H groups in total. The van der Waals surface area contributed by atoms with Gasteiger partial charge < -0.3 is 9.47 Å². The summed E-state index contributed by atoms with van der Waals surface area (Å²) >= 11 is 4.97. The van der Waals surface area contributed by atoms with Crippen molar-refractivity contribution in [3.05, 3.63) is 52.5 Å². The number of methoxy groups -OCH3 is 2. The zero-order valence-electron chi connectivity index (χ0n) is 12.6. The second-order valence-electron chi connectivity index (χ2n) is 4.65. The van der Waals surface area contributed by atoms with Crippen LogP contribution in [0.4, 0.5) is 0 Å². The number of carbonyl (C=O) groups is 1. The minimum Gasteiger partial charge on any atom is -0.493 e. The minimum atomic E-state index is -0.188. The molecule has 0 amide bonds. The summed E-state index contributed by atoms with van der Waals surface area (Å²) in [7, 11) is 3.14. The molecule has 0 heterocycles. The number of thioether (sulfide) groups is 1. The van der Waals surface area contributed by atoms with Crippen LogP contribution in [-0.2, 0) is 0 Å². The number of carbonyl (C=O) groups excluding carboxylic acids is 1. The molecule has 0 radical (unpaired) electrons. The van der Waals surface area contributed by atoms with Crippen LogP contribution in [0.15, 0.2) is 51.8 Å². The second kappa shape index (κ2) is 7.70. The van der Waals surface area contributed by atoms with Gasteiger partial charge in [-0.3, -0.25) is 4.79 Å². The number of benzene rings is 2. The zero-order chi connectivity index (χ0) is 16.1. The van der Waals surface area contributed by atoms with Gasteiger partial charge in [0.05, 0.1) is 19.5 Å². The average Bonchev–Trinajstić information content (AvgIpc) is 2.53. The molecule has 0 bridgehead atoms. The number of ether oxygens (including phenoxy) is 2. The Morgan fingerprint density at radius 2 is 1.82 bits per heavy atom. The lowest BCUT2D eigenvalue weighted by Gasteiger charge is -2.13. The third kappa shape index (κ3) is 4.05. The Morgan fingerprint density at radius 3 is 2.45 bits per heavy atom. The van der Waals surface area contributed by atoms with Crippen molar-refractivity contribution in [2.45, 2.75) is 17.1 Å². The van der Waals surface area contributed by atoms with E-state index in [0.29, 0.717) is 17.1 Å². The van der Waals surface area contributed by atoms with Gasteiger partial charge >= 0.3 is 0 Å². The maximum Gasteiger partial charge on any atom is 0.176 e. The van der Waals surface area contributed by atoms with Crippen molar-refractivity contribution in [2.75, 3.05) is 14.2 Å². The van der Waals surface area contributed by atoms with Crippen LogP contribution in [0.2, 0.25) is 0 Å². The zero-order valence-corrected chi connectivity index (χ0v) is 15.0. The highest BCUT2D eigenvalue weighted by Crippen LogP contribution is 2.31. The average molecular weight is 381 g/mol. The standard InChI is InChI=1S/C17H17BrO3S/c1-11(22-14-6-4-5-13(18)10-14)17(19)12-7-8-15(20-2)16(9-12)21-3/h4-11H,1-3H3. The van der Waals surface area contributed by atoms with Crippen molar-refractivity contribution in [2.24, 2.45) is 0 Å². The first-order chi connectivity index (χ1) is 10.5. The Balaban J connectivity index is 2.16. The molecule has 0 saturated carbocycles. The van der Waals surface area contributed by atoms with Crippen LogP contribution in [-0.4, -0.2) is 25.3 Å². The minimum absolute atomic E-state index is 0.0610. The van der Waals surface area contributed by atoms with Crippen LogP contribution in [0.3, 0.4) is 0 Å². The van der Waals surface area contributed by atoms with Crippen LogP contribution in [0, 0.1) is 0 Å². The van der Waals surface area contributed by atoms with Crippen LogP contribution in [0.1, 0.15) is 17.3 Å². The normalized spacial score (nSPS) is 11.8. The largest absolute Gasteiger partial charge is 0.493 e. The van der Waals surface area contributed by atoms with Gasteiger partial charge in [-0.2, -0.15) is 0 Å². The third-order valence-electron chi connectivity index (χ3n) is 3.15. The Kier molecular flexibility index (Phi) is 5.91. The lowest BCUT2D eigenvalue weighted by Crippen LogP contribution is -2.13. The predicted molar refractivity (Wildman–Crippen MR) is 93.3 cm³/mol. The number of ketones is 1. The van der Waals surface area contributed by atoms with Crippen molar-refractivity contribution < 1.29 is 14.3 Å². The highest BCUT2D eigenvalue weighted by molar-refractivity contribution is 9.10. The monoisotopic (exact) mass is 380 g/mol. The molecule has 5 heteroatoms. The molecule has 3 nitrogen and oxygen atoms in total. The lowest BCUT2D eigenvalue weighted by atomic mass is 10.1. The molecular weight excluding hydrogens is 364 g/mol. The molecule has 1 unspecified atom stereocenters. The summed E-state index contributed by atoms with van der Waals surface area (Å²) < 4.78 is 11.4. The van der Waals surface area contributed by atoms with E-state index in [4.69, 9.17) is 9.47 Å². The summed E-state index contributed by atoms with van der Waals surface area (Å²) in [6, 6.07) is 13.2. The molecular formula is C17H17BrO3S. The fourth-order valence-corrected chi connectivity index (χ4v) is 3.58. The molecule has 0 aliphatic heterocycles. The van der Waals surface area contributed by atoms with Gasteiger partial charge in [0, 0.05) is 14.9 Å². The van der Waals surface area contributed by atoms with E-state index < -0.39 is 0 Å². The molecule has 1 atom stereocenters. The van der Waals surface area contributed by atoms with E-state index in [1.54, 1.807) is 32.4 Å². The van der Waals surface area contributed by atoms with Gasteiger partial charge in [0.25, 0.3) is 0 Å². The summed E-state index contributed by atoms with van der Waals surface area (Å²) in [5.41, 5.74) is 0.618. The van der Waals surface area contributed by atoms with Crippen molar-refractivity contribution in [1.29, 1.82) is 0 Å². The van der Waals surface area contributed by atoms with E-state index >= 15 is 0 Å². The van der Waals surface area contributed by atoms with Gasteiger partial charge in [-0.15, -0.1) is 11.8 Å². The topological polar surface area (TPSA) is 35.5 Å². The summed E-state index contributed by atoms with van der Waals surface area (Å²) in [6.07, 6.45) is 0. The molecule has 0 spiro atoms. The van der Waals surface area contributed by atoms with Crippen LogP contribution < -0.4 is 9.47 Å². The molecule has 2 rings (SSSR count). The molecule has 0 saturated heterocycles. The molecule has 0 aliphatic rings. The Labute approximate surface area is 143 Å². The Morgan fingerprint density at radius 1 is 1.09 bits per heavy atom. The van der Waals surface area contributed by atoms with Crippen LogP contribution >= 0.6 is 27.7 Å². The van der Waals surface area contributed by atoms with E-state index in [0.717, 1.165) is 9.37 Å². The molecule has 0 fully saturated rings. The smallest absolute Gasteiger partial charge is 0.176 e. The number of hydrogen-bond acceptors (Lipinski definition) is 4. The van der Waals surface area contributed by atoms with Crippen molar-refractivity contribution in [3.63, 3.8) is 0 Å². The molecule has 22 heavy (non-hydrogen) atoms. The van der Waals surface area contributed by atoms with E-state index in [1.165, 1.54) is 11.8 Å². The number of Topliss-reactive ketones (excluding diaryl/α,β-unsaturated/α-hetero) is 1. The van der Waals surface area contributed by atoms with Gasteiger partial charge in [0.15, 0.2) is 17.3 Å². The molecule has 2 aromatic rings. The highest BCUT2D eigenvalue weighted by atomic mass is 79.9. The first kappa shape index (κ1) is 16.9. The van der Waals surface area contributed by atoms with Crippen molar-refractivity contribution >= 4 is 33.5 Å². The molecule has 0 aromatic heterocycles. The SMILES string of the molecule is COc1ccc(C(=O)C(C)Sc2cccc(Br)c2)cc1OC. The van der Waals surface area contributed by atoms with Crippen molar-refractivity contribution in [1.82, 2.24) is 0 Å². The van der Waals surface area contributed by atoms with Gasteiger partial charge in [-0.1, -0.05) is 22.0 Å². The molecule has 116 valence electrons. The Bertz CT molecular complexity index is 673. The van der Waals surface area contributed by atoms with E-state index in [2.05, 4.69) is 15.9 Å².